The number of pyridine rings is 1. The number of rotatable bonds is 5. The lowest BCUT2D eigenvalue weighted by Crippen LogP contribution is -2.34. The van der Waals surface area contributed by atoms with Gasteiger partial charge in [-0.25, -0.2) is 4.98 Å². The predicted octanol–water partition coefficient (Wildman–Crippen LogP) is 1.24. The molecule has 8 nitrogen and oxygen atoms in total. The van der Waals surface area contributed by atoms with E-state index in [-0.39, 0.29) is 11.5 Å². The lowest BCUT2D eigenvalue weighted by molar-refractivity contribution is -0.120. The Morgan fingerprint density at radius 2 is 2.07 bits per heavy atom. The third-order valence-electron chi connectivity index (χ3n) is 5.03. The molecule has 3 aromatic rings. The molecule has 0 aliphatic carbocycles. The van der Waals surface area contributed by atoms with Crippen LogP contribution in [-0.2, 0) is 31.0 Å². The molecular formula is C20H24N6O2. The number of hydrogen-bond donors (Lipinski definition) is 1. The van der Waals surface area contributed by atoms with Crippen LogP contribution in [-0.4, -0.2) is 36.5 Å². The van der Waals surface area contributed by atoms with E-state index in [0.29, 0.717) is 25.2 Å². The highest BCUT2D eigenvalue weighted by Gasteiger charge is 2.19. The van der Waals surface area contributed by atoms with Gasteiger partial charge in [-0.2, -0.15) is 5.10 Å². The number of fused-ring (bicyclic) bond motifs is 2. The maximum atomic E-state index is 12.5. The molecule has 3 aromatic heterocycles. The van der Waals surface area contributed by atoms with Gasteiger partial charge in [0, 0.05) is 37.8 Å². The average Bonchev–Trinajstić information content (AvgIpc) is 3.08. The van der Waals surface area contributed by atoms with Gasteiger partial charge in [0.1, 0.15) is 5.65 Å². The van der Waals surface area contributed by atoms with E-state index < -0.39 is 0 Å². The van der Waals surface area contributed by atoms with Gasteiger partial charge in [0.15, 0.2) is 0 Å². The summed E-state index contributed by atoms with van der Waals surface area (Å²) in [6, 6.07) is 9.34. The lowest BCUT2D eigenvalue weighted by Gasteiger charge is -2.27. The molecule has 146 valence electrons. The summed E-state index contributed by atoms with van der Waals surface area (Å²) in [7, 11) is 0. The smallest absolute Gasteiger partial charge is 0.258 e. The van der Waals surface area contributed by atoms with Crippen LogP contribution < -0.4 is 10.9 Å². The van der Waals surface area contributed by atoms with Gasteiger partial charge < -0.3 is 5.32 Å². The number of nitrogens with zero attached hydrogens (tertiary/aromatic N) is 5. The van der Waals surface area contributed by atoms with E-state index in [0.717, 1.165) is 42.4 Å². The second-order valence-electron chi connectivity index (χ2n) is 7.14. The molecule has 0 saturated carbocycles. The van der Waals surface area contributed by atoms with Gasteiger partial charge in [0.25, 0.3) is 5.56 Å². The van der Waals surface area contributed by atoms with Crippen LogP contribution in [0.1, 0.15) is 36.1 Å². The van der Waals surface area contributed by atoms with E-state index in [1.54, 1.807) is 10.5 Å². The number of aryl methyl sites for hydroxylation is 1. The van der Waals surface area contributed by atoms with Crippen molar-refractivity contribution in [3.05, 3.63) is 63.5 Å². The zero-order chi connectivity index (χ0) is 19.7. The van der Waals surface area contributed by atoms with E-state index in [1.807, 2.05) is 42.8 Å². The van der Waals surface area contributed by atoms with E-state index in [1.165, 1.54) is 0 Å². The highest BCUT2D eigenvalue weighted by atomic mass is 16.1. The minimum Gasteiger partial charge on any atom is -0.350 e. The fraction of sp³-hybridized carbons (Fsp3) is 0.400. The van der Waals surface area contributed by atoms with Crippen molar-refractivity contribution in [1.82, 2.24) is 29.4 Å². The molecule has 1 aliphatic heterocycles. The van der Waals surface area contributed by atoms with Crippen LogP contribution in [0.5, 0.6) is 0 Å². The standard InChI is InChI=1S/C20H24N6O2/c1-3-19(27)21-11-15-9-17-13-24(7-8-25(17)23-15)12-16-10-20(28)26-14(2)5-4-6-18(26)22-16/h4-6,9-10H,3,7-8,11-13H2,1-2H3,(H,21,27). The molecule has 1 amide bonds. The minimum atomic E-state index is -0.0471. The third kappa shape index (κ3) is 3.68. The summed E-state index contributed by atoms with van der Waals surface area (Å²) in [5.41, 5.74) is 4.27. The molecule has 0 spiro atoms. The SMILES string of the molecule is CCC(=O)NCc1cc2n(n1)CCN(Cc1cc(=O)n3c(C)cccc3n1)C2. The molecule has 28 heavy (non-hydrogen) atoms. The molecular weight excluding hydrogens is 356 g/mol. The Balaban J connectivity index is 1.48. The van der Waals surface area contributed by atoms with Crippen molar-refractivity contribution < 1.29 is 4.79 Å². The topological polar surface area (TPSA) is 84.5 Å². The summed E-state index contributed by atoms with van der Waals surface area (Å²) < 4.78 is 3.63. The van der Waals surface area contributed by atoms with E-state index in [9.17, 15) is 9.59 Å². The molecule has 0 unspecified atom stereocenters. The summed E-state index contributed by atoms with van der Waals surface area (Å²) in [5, 5.41) is 7.43. The first-order valence-electron chi connectivity index (χ1n) is 9.56. The van der Waals surface area contributed by atoms with Crippen molar-refractivity contribution in [2.45, 2.75) is 46.4 Å². The Hall–Kier alpha value is -3.00. The van der Waals surface area contributed by atoms with Gasteiger partial charge in [0.05, 0.1) is 30.2 Å². The van der Waals surface area contributed by atoms with Crippen LogP contribution in [0.3, 0.4) is 0 Å². The Kier molecular flexibility index (Phi) is 4.95. The van der Waals surface area contributed by atoms with Crippen LogP contribution in [0.25, 0.3) is 5.65 Å². The van der Waals surface area contributed by atoms with Crippen molar-refractivity contribution in [3.8, 4) is 0 Å². The quantitative estimate of drug-likeness (QED) is 0.720. The number of carbonyl (C=O) groups is 1. The fourth-order valence-corrected chi connectivity index (χ4v) is 3.59. The summed E-state index contributed by atoms with van der Waals surface area (Å²) in [6.45, 7) is 7.17. The van der Waals surface area contributed by atoms with Crippen molar-refractivity contribution in [2.75, 3.05) is 6.54 Å². The zero-order valence-electron chi connectivity index (χ0n) is 16.2. The molecule has 1 N–H and O–H groups in total. The Bertz CT molecular complexity index is 1080. The van der Waals surface area contributed by atoms with Crippen molar-refractivity contribution >= 4 is 11.6 Å². The largest absolute Gasteiger partial charge is 0.350 e. The van der Waals surface area contributed by atoms with Crippen molar-refractivity contribution in [3.63, 3.8) is 0 Å². The second-order valence-corrected chi connectivity index (χ2v) is 7.14. The van der Waals surface area contributed by atoms with Crippen molar-refractivity contribution in [2.24, 2.45) is 0 Å². The number of aromatic nitrogens is 4. The fourth-order valence-electron chi connectivity index (χ4n) is 3.59. The molecule has 4 rings (SSSR count). The summed E-state index contributed by atoms with van der Waals surface area (Å²) >= 11 is 0. The third-order valence-corrected chi connectivity index (χ3v) is 5.03. The zero-order valence-corrected chi connectivity index (χ0v) is 16.2. The Labute approximate surface area is 162 Å². The van der Waals surface area contributed by atoms with E-state index >= 15 is 0 Å². The van der Waals surface area contributed by atoms with Gasteiger partial charge in [-0.15, -0.1) is 0 Å². The summed E-state index contributed by atoms with van der Waals surface area (Å²) in [6.07, 6.45) is 0.472. The molecule has 0 radical (unpaired) electrons. The molecule has 0 atom stereocenters. The molecule has 0 aromatic carbocycles. The van der Waals surface area contributed by atoms with Gasteiger partial charge in [0.2, 0.25) is 5.91 Å². The van der Waals surface area contributed by atoms with Crippen LogP contribution in [0.4, 0.5) is 0 Å². The molecule has 0 bridgehead atoms. The number of amides is 1. The lowest BCUT2D eigenvalue weighted by atomic mass is 10.2. The molecule has 0 saturated heterocycles. The number of nitrogens with one attached hydrogen (secondary N) is 1. The van der Waals surface area contributed by atoms with Crippen LogP contribution in [0, 0.1) is 6.92 Å². The maximum Gasteiger partial charge on any atom is 0.258 e. The van der Waals surface area contributed by atoms with Crippen LogP contribution in [0.2, 0.25) is 0 Å². The highest BCUT2D eigenvalue weighted by molar-refractivity contribution is 5.75. The highest BCUT2D eigenvalue weighted by Crippen LogP contribution is 2.16. The molecule has 4 heterocycles. The van der Waals surface area contributed by atoms with Gasteiger partial charge in [-0.3, -0.25) is 23.6 Å². The summed E-state index contributed by atoms with van der Waals surface area (Å²) in [5.74, 6) is 0.0245. The molecule has 0 fully saturated rings. The molecule has 1 aliphatic rings. The first kappa shape index (κ1) is 18.4. The number of carbonyl (C=O) groups excluding carboxylic acids is 1. The van der Waals surface area contributed by atoms with Gasteiger partial charge in [-0.05, 0) is 25.1 Å². The predicted molar refractivity (Wildman–Crippen MR) is 105 cm³/mol. The second kappa shape index (κ2) is 7.55. The normalized spacial score (nSPS) is 14.2. The van der Waals surface area contributed by atoms with E-state index in [2.05, 4.69) is 20.3 Å². The Morgan fingerprint density at radius 3 is 2.89 bits per heavy atom. The number of hydrogen-bond acceptors (Lipinski definition) is 5. The van der Waals surface area contributed by atoms with Gasteiger partial charge in [-0.1, -0.05) is 13.0 Å². The van der Waals surface area contributed by atoms with Crippen molar-refractivity contribution in [1.29, 1.82) is 0 Å². The van der Waals surface area contributed by atoms with Crippen LogP contribution in [0.15, 0.2) is 35.1 Å². The minimum absolute atomic E-state index is 0.0245. The van der Waals surface area contributed by atoms with E-state index in [4.69, 9.17) is 0 Å². The first-order valence-corrected chi connectivity index (χ1v) is 9.56. The Morgan fingerprint density at radius 1 is 1.21 bits per heavy atom. The molecule has 8 heteroatoms. The maximum absolute atomic E-state index is 12.5. The average molecular weight is 380 g/mol. The first-order chi connectivity index (χ1) is 13.5. The van der Waals surface area contributed by atoms with Gasteiger partial charge >= 0.3 is 0 Å². The monoisotopic (exact) mass is 380 g/mol. The van der Waals surface area contributed by atoms with Crippen LogP contribution >= 0.6 is 0 Å². The summed E-state index contributed by atoms with van der Waals surface area (Å²) in [4.78, 5) is 30.8.